The number of hydrogen-bond donors (Lipinski definition) is 1. The predicted molar refractivity (Wildman–Crippen MR) is 93.0 cm³/mol. The Morgan fingerprint density at radius 1 is 1.08 bits per heavy atom. The fraction of sp³-hybridized carbons (Fsp3) is 0.263. The first kappa shape index (κ1) is 16.1. The quantitative estimate of drug-likeness (QED) is 0.882. The van der Waals surface area contributed by atoms with Crippen LogP contribution >= 0.6 is 0 Å². The molecule has 1 N–H and O–H groups in total. The van der Waals surface area contributed by atoms with E-state index in [4.69, 9.17) is 4.74 Å². The van der Waals surface area contributed by atoms with Crippen LogP contribution < -0.4 is 15.0 Å². The highest BCUT2D eigenvalue weighted by Crippen LogP contribution is 2.36. The van der Waals surface area contributed by atoms with E-state index in [1.807, 2.05) is 30.3 Å². The number of amides is 2. The van der Waals surface area contributed by atoms with Crippen LogP contribution in [-0.4, -0.2) is 18.9 Å². The van der Waals surface area contributed by atoms with Crippen LogP contribution in [0.4, 0.5) is 11.4 Å². The van der Waals surface area contributed by atoms with Crippen LogP contribution in [0.15, 0.2) is 48.5 Å². The van der Waals surface area contributed by atoms with Gasteiger partial charge in [0.2, 0.25) is 11.8 Å². The molecule has 0 bridgehead atoms. The van der Waals surface area contributed by atoms with E-state index in [1.54, 1.807) is 39.1 Å². The van der Waals surface area contributed by atoms with Gasteiger partial charge >= 0.3 is 0 Å². The molecule has 5 heteroatoms. The van der Waals surface area contributed by atoms with Gasteiger partial charge in [-0.3, -0.25) is 9.59 Å². The Hall–Kier alpha value is -2.82. The minimum absolute atomic E-state index is 0.251. The summed E-state index contributed by atoms with van der Waals surface area (Å²) in [6.07, 6.45) is 0. The van der Waals surface area contributed by atoms with E-state index in [0.717, 1.165) is 5.56 Å². The molecule has 0 saturated carbocycles. The molecule has 3 rings (SSSR count). The average Bonchev–Trinajstić information content (AvgIpc) is 2.65. The topological polar surface area (TPSA) is 58.6 Å². The van der Waals surface area contributed by atoms with Gasteiger partial charge in [0.05, 0.1) is 11.4 Å². The van der Waals surface area contributed by atoms with Gasteiger partial charge in [0.15, 0.2) is 0 Å². The number of benzene rings is 2. The van der Waals surface area contributed by atoms with Crippen molar-refractivity contribution in [3.63, 3.8) is 0 Å². The molecule has 2 amide bonds. The normalized spacial score (nSPS) is 16.2. The van der Waals surface area contributed by atoms with Crippen molar-refractivity contribution >= 4 is 23.2 Å². The zero-order valence-electron chi connectivity index (χ0n) is 14.0. The monoisotopic (exact) mass is 324 g/mol. The summed E-state index contributed by atoms with van der Waals surface area (Å²) in [7, 11) is 1.67. The number of anilines is 2. The van der Waals surface area contributed by atoms with Crippen LogP contribution in [-0.2, 0) is 16.2 Å². The van der Waals surface area contributed by atoms with Crippen molar-refractivity contribution in [3.05, 3.63) is 54.1 Å². The number of ether oxygens (including phenoxy) is 1. The van der Waals surface area contributed by atoms with Crippen LogP contribution in [0.25, 0.3) is 0 Å². The van der Waals surface area contributed by atoms with Gasteiger partial charge in [-0.05, 0) is 31.5 Å². The van der Waals surface area contributed by atoms with Gasteiger partial charge in [-0.1, -0.05) is 30.3 Å². The molecule has 0 fully saturated rings. The van der Waals surface area contributed by atoms with Gasteiger partial charge in [0.25, 0.3) is 0 Å². The lowest BCUT2D eigenvalue weighted by Gasteiger charge is -2.24. The molecule has 1 heterocycles. The lowest BCUT2D eigenvalue weighted by Crippen LogP contribution is -2.43. The molecule has 2 aromatic carbocycles. The van der Waals surface area contributed by atoms with Crippen LogP contribution in [0.2, 0.25) is 0 Å². The van der Waals surface area contributed by atoms with Gasteiger partial charge in [-0.15, -0.1) is 0 Å². The number of hydrogen-bond acceptors (Lipinski definition) is 3. The Balaban J connectivity index is 1.87. The molecule has 0 radical (unpaired) electrons. The van der Waals surface area contributed by atoms with Gasteiger partial charge in [0.1, 0.15) is 17.8 Å². The molecule has 0 unspecified atom stereocenters. The highest BCUT2D eigenvalue weighted by molar-refractivity contribution is 6.19. The molecule has 0 aliphatic carbocycles. The summed E-state index contributed by atoms with van der Waals surface area (Å²) in [5, 5.41) is 2.82. The molecule has 5 nitrogen and oxygen atoms in total. The number of rotatable bonds is 3. The first-order valence-corrected chi connectivity index (χ1v) is 7.80. The number of nitrogens with zero attached hydrogens (tertiary/aromatic N) is 1. The average molecular weight is 324 g/mol. The van der Waals surface area contributed by atoms with Gasteiger partial charge in [0, 0.05) is 13.1 Å². The van der Waals surface area contributed by atoms with Gasteiger partial charge in [-0.25, -0.2) is 0 Å². The van der Waals surface area contributed by atoms with Gasteiger partial charge in [-0.2, -0.15) is 0 Å². The molecular weight excluding hydrogens is 304 g/mol. The second kappa shape index (κ2) is 6.00. The summed E-state index contributed by atoms with van der Waals surface area (Å²) < 4.78 is 5.81. The minimum atomic E-state index is -1.11. The largest absolute Gasteiger partial charge is 0.489 e. The molecule has 24 heavy (non-hydrogen) atoms. The van der Waals surface area contributed by atoms with Crippen molar-refractivity contribution in [1.82, 2.24) is 0 Å². The zero-order valence-corrected chi connectivity index (χ0v) is 14.0. The molecule has 124 valence electrons. The third-order valence-electron chi connectivity index (χ3n) is 4.23. The summed E-state index contributed by atoms with van der Waals surface area (Å²) in [5.41, 5.74) is 1.18. The Morgan fingerprint density at radius 2 is 1.79 bits per heavy atom. The summed E-state index contributed by atoms with van der Waals surface area (Å²) in [4.78, 5) is 26.3. The highest BCUT2D eigenvalue weighted by Gasteiger charge is 2.41. The van der Waals surface area contributed by atoms with E-state index in [-0.39, 0.29) is 11.8 Å². The van der Waals surface area contributed by atoms with Crippen LogP contribution in [0.5, 0.6) is 5.75 Å². The molecule has 0 spiro atoms. The van der Waals surface area contributed by atoms with E-state index in [0.29, 0.717) is 23.7 Å². The Labute approximate surface area is 141 Å². The van der Waals surface area contributed by atoms with Gasteiger partial charge < -0.3 is 15.0 Å². The second-order valence-electron chi connectivity index (χ2n) is 6.40. The lowest BCUT2D eigenvalue weighted by atomic mass is 9.91. The number of nitrogens with one attached hydrogen (secondary N) is 1. The summed E-state index contributed by atoms with van der Waals surface area (Å²) in [6.45, 7) is 3.69. The molecule has 0 atom stereocenters. The maximum Gasteiger partial charge on any atom is 0.241 e. The third-order valence-corrected chi connectivity index (χ3v) is 4.23. The molecule has 0 saturated heterocycles. The zero-order chi connectivity index (χ0) is 17.3. The SMILES string of the molecule is CN1C(=O)C(C)(C)C(=O)Nc2ccc(OCc3ccccc3)cc21. The number of carbonyl (C=O) groups is 2. The fourth-order valence-electron chi connectivity index (χ4n) is 2.63. The number of carbonyl (C=O) groups excluding carboxylic acids is 2. The van der Waals surface area contributed by atoms with E-state index >= 15 is 0 Å². The third kappa shape index (κ3) is 2.85. The predicted octanol–water partition coefficient (Wildman–Crippen LogP) is 3.21. The van der Waals surface area contributed by atoms with Crippen LogP contribution in [0, 0.1) is 5.41 Å². The highest BCUT2D eigenvalue weighted by atomic mass is 16.5. The summed E-state index contributed by atoms with van der Waals surface area (Å²) >= 11 is 0. The number of fused-ring (bicyclic) bond motifs is 1. The molecule has 1 aliphatic rings. The molecule has 0 aromatic heterocycles. The molecular formula is C19H20N2O3. The van der Waals surface area contributed by atoms with E-state index < -0.39 is 5.41 Å². The maximum absolute atomic E-state index is 12.6. The van der Waals surface area contributed by atoms with Crippen molar-refractivity contribution in [2.75, 3.05) is 17.3 Å². The van der Waals surface area contributed by atoms with Crippen molar-refractivity contribution in [1.29, 1.82) is 0 Å². The molecule has 2 aromatic rings. The smallest absolute Gasteiger partial charge is 0.241 e. The van der Waals surface area contributed by atoms with Crippen LogP contribution in [0.1, 0.15) is 19.4 Å². The second-order valence-corrected chi connectivity index (χ2v) is 6.40. The summed E-state index contributed by atoms with van der Waals surface area (Å²) in [6, 6.07) is 15.2. The van der Waals surface area contributed by atoms with E-state index in [2.05, 4.69) is 5.32 Å². The van der Waals surface area contributed by atoms with Crippen molar-refractivity contribution in [3.8, 4) is 5.75 Å². The first-order chi connectivity index (χ1) is 11.4. The fourth-order valence-corrected chi connectivity index (χ4v) is 2.63. The van der Waals surface area contributed by atoms with Crippen molar-refractivity contribution in [2.24, 2.45) is 5.41 Å². The Bertz CT molecular complexity index is 784. The van der Waals surface area contributed by atoms with E-state index in [1.165, 1.54) is 4.90 Å². The van der Waals surface area contributed by atoms with E-state index in [9.17, 15) is 9.59 Å². The van der Waals surface area contributed by atoms with Crippen LogP contribution in [0.3, 0.4) is 0 Å². The summed E-state index contributed by atoms with van der Waals surface area (Å²) in [5.74, 6) is 0.0845. The van der Waals surface area contributed by atoms with Crippen molar-refractivity contribution < 1.29 is 14.3 Å². The standard InChI is InChI=1S/C19H20N2O3/c1-19(2)17(22)20-15-10-9-14(11-16(15)21(3)18(19)23)24-12-13-7-5-4-6-8-13/h4-11H,12H2,1-3H3,(H,20,22). The Kier molecular flexibility index (Phi) is 4.01. The molecule has 1 aliphatic heterocycles. The first-order valence-electron chi connectivity index (χ1n) is 7.80. The lowest BCUT2D eigenvalue weighted by molar-refractivity contribution is -0.136. The Morgan fingerprint density at radius 3 is 2.50 bits per heavy atom. The minimum Gasteiger partial charge on any atom is -0.489 e. The van der Waals surface area contributed by atoms with Crippen molar-refractivity contribution in [2.45, 2.75) is 20.5 Å². The maximum atomic E-state index is 12.6.